The van der Waals surface area contributed by atoms with Gasteiger partial charge in [-0.3, -0.25) is 0 Å². The van der Waals surface area contributed by atoms with Crippen molar-refractivity contribution in [1.82, 2.24) is 9.13 Å². The summed E-state index contributed by atoms with van der Waals surface area (Å²) < 4.78 is 18.2. The van der Waals surface area contributed by atoms with Crippen molar-refractivity contribution in [1.29, 1.82) is 0 Å². The average molecular weight is 741 g/mol. The van der Waals surface area contributed by atoms with Crippen LogP contribution in [-0.4, -0.2) is 9.13 Å². The first-order valence-electron chi connectivity index (χ1n) is 19.8. The number of hydrogen-bond donors (Lipinski definition) is 0. The van der Waals surface area contributed by atoms with E-state index in [-0.39, 0.29) is 0 Å². The highest BCUT2D eigenvalue weighted by molar-refractivity contribution is 6.24. The summed E-state index contributed by atoms with van der Waals surface area (Å²) in [6.07, 6.45) is 0. The first-order valence-corrected chi connectivity index (χ1v) is 19.8. The molecule has 0 amide bonds. The van der Waals surface area contributed by atoms with Gasteiger partial charge in [-0.2, -0.15) is 0 Å². The molecular weight excluding hydrogens is 709 g/mol. The van der Waals surface area contributed by atoms with Gasteiger partial charge in [0.25, 0.3) is 0 Å². The summed E-state index contributed by atoms with van der Waals surface area (Å²) in [5, 5.41) is 9.31. The van der Waals surface area contributed by atoms with E-state index in [4.69, 9.17) is 8.83 Å². The van der Waals surface area contributed by atoms with Crippen molar-refractivity contribution >= 4 is 87.5 Å². The molecule has 9 aromatic carbocycles. The zero-order valence-corrected chi connectivity index (χ0v) is 31.2. The number of nitrogens with zero attached hydrogens (tertiary/aromatic N) is 2. The van der Waals surface area contributed by atoms with E-state index in [1.807, 2.05) is 12.1 Å². The van der Waals surface area contributed by atoms with E-state index in [0.717, 1.165) is 88.5 Å². The molecule has 0 aliphatic rings. The second kappa shape index (κ2) is 11.8. The van der Waals surface area contributed by atoms with Crippen LogP contribution in [0.4, 0.5) is 0 Å². The normalized spacial score (nSPS) is 12.1. The van der Waals surface area contributed by atoms with Gasteiger partial charge in [-0.25, -0.2) is 0 Å². The number of fused-ring (bicyclic) bond motifs is 12. The Kier molecular flexibility index (Phi) is 6.41. The molecule has 0 saturated heterocycles. The van der Waals surface area contributed by atoms with Gasteiger partial charge in [0.1, 0.15) is 22.3 Å². The Bertz CT molecular complexity index is 3570. The zero-order chi connectivity index (χ0) is 37.9. The monoisotopic (exact) mass is 740 g/mol. The Morgan fingerprint density at radius 2 is 0.603 bits per heavy atom. The van der Waals surface area contributed by atoms with E-state index in [2.05, 4.69) is 191 Å². The molecule has 0 fully saturated rings. The number of furan rings is 2. The molecule has 4 heteroatoms. The highest BCUT2D eigenvalue weighted by Gasteiger charge is 2.23. The minimum Gasteiger partial charge on any atom is -0.455 e. The molecule has 0 saturated carbocycles. The molecule has 0 N–H and O–H groups in total. The SMILES string of the molecule is c1ccc2c(c1)oc1c(-c3cccc4c3c3c(-c5cccc6c5oc5ccccc56)cccc3n4-c3ccc(-n4c5ccccc5c5ccccc54)cc3)cccc12. The van der Waals surface area contributed by atoms with Gasteiger partial charge < -0.3 is 18.0 Å². The first-order chi connectivity index (χ1) is 28.8. The smallest absolute Gasteiger partial charge is 0.143 e. The highest BCUT2D eigenvalue weighted by atomic mass is 16.3. The predicted molar refractivity (Wildman–Crippen MR) is 241 cm³/mol. The van der Waals surface area contributed by atoms with Crippen molar-refractivity contribution in [3.63, 3.8) is 0 Å². The van der Waals surface area contributed by atoms with E-state index in [1.54, 1.807) is 0 Å². The van der Waals surface area contributed by atoms with Gasteiger partial charge in [-0.1, -0.05) is 133 Å². The molecule has 58 heavy (non-hydrogen) atoms. The van der Waals surface area contributed by atoms with E-state index in [0.29, 0.717) is 0 Å². The van der Waals surface area contributed by atoms with Gasteiger partial charge >= 0.3 is 0 Å². The third kappa shape index (κ3) is 4.29. The second-order valence-electron chi connectivity index (χ2n) is 15.2. The summed E-state index contributed by atoms with van der Waals surface area (Å²) in [5.41, 5.74) is 14.8. The van der Waals surface area contributed by atoms with Crippen molar-refractivity contribution in [3.05, 3.63) is 194 Å². The maximum Gasteiger partial charge on any atom is 0.143 e. The van der Waals surface area contributed by atoms with Crippen molar-refractivity contribution in [2.45, 2.75) is 0 Å². The number of hydrogen-bond acceptors (Lipinski definition) is 2. The van der Waals surface area contributed by atoms with Crippen LogP contribution in [0.3, 0.4) is 0 Å². The lowest BCUT2D eigenvalue weighted by Crippen LogP contribution is -1.97. The summed E-state index contributed by atoms with van der Waals surface area (Å²) in [5.74, 6) is 0. The number of rotatable bonds is 4. The van der Waals surface area contributed by atoms with Crippen LogP contribution >= 0.6 is 0 Å². The zero-order valence-electron chi connectivity index (χ0n) is 31.2. The fraction of sp³-hybridized carbons (Fsp3) is 0. The van der Waals surface area contributed by atoms with E-state index in [9.17, 15) is 0 Å². The number of benzene rings is 9. The maximum atomic E-state index is 6.68. The van der Waals surface area contributed by atoms with E-state index >= 15 is 0 Å². The minimum atomic E-state index is 0.889. The second-order valence-corrected chi connectivity index (χ2v) is 15.2. The van der Waals surface area contributed by atoms with Crippen molar-refractivity contribution in [3.8, 4) is 33.6 Å². The quantitative estimate of drug-likeness (QED) is 0.180. The lowest BCUT2D eigenvalue weighted by Gasteiger charge is -2.12. The number of para-hydroxylation sites is 6. The van der Waals surface area contributed by atoms with Gasteiger partial charge in [0, 0.05) is 65.6 Å². The summed E-state index contributed by atoms with van der Waals surface area (Å²) in [4.78, 5) is 0. The van der Waals surface area contributed by atoms with Crippen molar-refractivity contribution < 1.29 is 8.83 Å². The first kappa shape index (κ1) is 31.4. The third-order valence-corrected chi connectivity index (χ3v) is 12.2. The van der Waals surface area contributed by atoms with Crippen LogP contribution in [0.15, 0.2) is 203 Å². The summed E-state index contributed by atoms with van der Waals surface area (Å²) >= 11 is 0. The summed E-state index contributed by atoms with van der Waals surface area (Å²) in [6, 6.07) is 69.4. The Morgan fingerprint density at radius 3 is 1.09 bits per heavy atom. The Hall–Kier alpha value is -7.82. The van der Waals surface area contributed by atoms with Crippen LogP contribution in [0.2, 0.25) is 0 Å². The maximum absolute atomic E-state index is 6.68. The van der Waals surface area contributed by atoms with Crippen LogP contribution in [0, 0.1) is 0 Å². The topological polar surface area (TPSA) is 36.1 Å². The molecule has 4 nitrogen and oxygen atoms in total. The molecule has 0 aliphatic heterocycles. The number of aromatic nitrogens is 2. The van der Waals surface area contributed by atoms with Crippen LogP contribution in [-0.2, 0) is 0 Å². The predicted octanol–water partition coefficient (Wildman–Crippen LogP) is 15.0. The van der Waals surface area contributed by atoms with Crippen LogP contribution < -0.4 is 0 Å². The lowest BCUT2D eigenvalue weighted by atomic mass is 9.93. The van der Waals surface area contributed by atoms with Gasteiger partial charge in [-0.15, -0.1) is 0 Å². The Labute approximate surface area is 332 Å². The molecule has 0 atom stereocenters. The fourth-order valence-corrected chi connectivity index (χ4v) is 9.71. The van der Waals surface area contributed by atoms with Crippen molar-refractivity contribution in [2.75, 3.05) is 0 Å². The van der Waals surface area contributed by atoms with Crippen molar-refractivity contribution in [2.24, 2.45) is 0 Å². The molecule has 0 bridgehead atoms. The van der Waals surface area contributed by atoms with E-state index < -0.39 is 0 Å². The highest BCUT2D eigenvalue weighted by Crippen LogP contribution is 2.47. The molecule has 0 unspecified atom stereocenters. The molecule has 0 aliphatic carbocycles. The van der Waals surface area contributed by atoms with Crippen LogP contribution in [0.1, 0.15) is 0 Å². The minimum absolute atomic E-state index is 0.889. The van der Waals surface area contributed by atoms with Crippen LogP contribution in [0.5, 0.6) is 0 Å². The van der Waals surface area contributed by atoms with Gasteiger partial charge in [0.2, 0.25) is 0 Å². The third-order valence-electron chi connectivity index (χ3n) is 12.2. The average Bonchev–Trinajstić information content (AvgIpc) is 4.04. The largest absolute Gasteiger partial charge is 0.455 e. The molecule has 0 spiro atoms. The Balaban J connectivity index is 1.11. The molecule has 13 rings (SSSR count). The van der Waals surface area contributed by atoms with Crippen LogP contribution in [0.25, 0.3) is 121 Å². The Morgan fingerprint density at radius 1 is 0.259 bits per heavy atom. The molecule has 4 aromatic heterocycles. The molecule has 270 valence electrons. The molecular formula is C54H32N2O2. The van der Waals surface area contributed by atoms with E-state index in [1.165, 1.54) is 32.6 Å². The van der Waals surface area contributed by atoms with Gasteiger partial charge in [-0.05, 0) is 71.8 Å². The molecule has 13 aromatic rings. The standard InChI is InChI=1S/C54H32N2O2/c1-5-23-45-35(13-1)36-14-2-6-24-46(36)55(45)33-29-31-34(32-30-33)56-47-25-11-17-39(43-21-9-19-41-37-15-3-7-27-49(37)57-53(41)43)51(47)52-40(18-12-26-48(52)56)44-22-10-20-42-38-16-4-8-28-50(38)58-54(42)44/h1-32H. The molecule has 4 heterocycles. The van der Waals surface area contributed by atoms with Gasteiger partial charge in [0.05, 0.1) is 22.1 Å². The fourth-order valence-electron chi connectivity index (χ4n) is 9.71. The summed E-state index contributed by atoms with van der Waals surface area (Å²) in [7, 11) is 0. The van der Waals surface area contributed by atoms with Gasteiger partial charge in [0.15, 0.2) is 0 Å². The summed E-state index contributed by atoms with van der Waals surface area (Å²) in [6.45, 7) is 0. The lowest BCUT2D eigenvalue weighted by molar-refractivity contribution is 0.669. The molecule has 0 radical (unpaired) electrons.